The number of carbonyl (C=O) groups excluding carboxylic acids is 1. The van der Waals surface area contributed by atoms with Crippen LogP contribution in [0.2, 0.25) is 0 Å². The highest BCUT2D eigenvalue weighted by molar-refractivity contribution is 7.93. The molecule has 3 aromatic carbocycles. The van der Waals surface area contributed by atoms with Crippen molar-refractivity contribution in [1.29, 1.82) is 0 Å². The summed E-state index contributed by atoms with van der Waals surface area (Å²) in [5, 5.41) is 2.65. The maximum absolute atomic E-state index is 13.5. The van der Waals surface area contributed by atoms with Crippen LogP contribution in [0.3, 0.4) is 0 Å². The van der Waals surface area contributed by atoms with Gasteiger partial charge in [-0.3, -0.25) is 13.8 Å². The zero-order valence-corrected chi connectivity index (χ0v) is 23.0. The molecule has 4 aromatic rings. The lowest BCUT2D eigenvalue weighted by Crippen LogP contribution is -2.38. The van der Waals surface area contributed by atoms with Gasteiger partial charge in [0, 0.05) is 11.9 Å². The largest absolute Gasteiger partial charge is 0.325 e. The van der Waals surface area contributed by atoms with Crippen molar-refractivity contribution < 1.29 is 21.6 Å². The van der Waals surface area contributed by atoms with E-state index in [9.17, 15) is 21.6 Å². The first-order chi connectivity index (χ1) is 18.6. The number of hydrogen-bond acceptors (Lipinski definition) is 6. The standard InChI is InChI=1S/C28H28N4O5S2/c1-21(2)22-11-15-24(16-12-22)32(39(36,37)26-8-4-3-5-9-26)20-28(33)30-23-13-17-25(18-14-23)38(34,35)31-27-10-6-7-19-29-27/h3-19,21H,20H2,1-2H3,(H,29,31)(H,30,33). The topological polar surface area (TPSA) is 126 Å². The summed E-state index contributed by atoms with van der Waals surface area (Å²) in [7, 11) is -7.94. The van der Waals surface area contributed by atoms with Gasteiger partial charge in [-0.2, -0.15) is 0 Å². The number of hydrogen-bond donors (Lipinski definition) is 2. The molecule has 1 heterocycles. The van der Waals surface area contributed by atoms with Gasteiger partial charge in [-0.15, -0.1) is 0 Å². The molecular weight excluding hydrogens is 536 g/mol. The van der Waals surface area contributed by atoms with E-state index in [1.807, 2.05) is 26.0 Å². The van der Waals surface area contributed by atoms with Gasteiger partial charge in [-0.05, 0) is 72.1 Å². The van der Waals surface area contributed by atoms with Crippen LogP contribution in [-0.2, 0) is 24.8 Å². The van der Waals surface area contributed by atoms with E-state index in [1.54, 1.807) is 42.5 Å². The number of carbonyl (C=O) groups is 1. The van der Waals surface area contributed by atoms with Crippen LogP contribution in [0.1, 0.15) is 25.3 Å². The Kier molecular flexibility index (Phi) is 8.32. The lowest BCUT2D eigenvalue weighted by Gasteiger charge is -2.24. The molecule has 0 atom stereocenters. The molecule has 1 aromatic heterocycles. The maximum atomic E-state index is 13.5. The number of benzene rings is 3. The number of pyridine rings is 1. The lowest BCUT2D eigenvalue weighted by molar-refractivity contribution is -0.114. The molecule has 0 radical (unpaired) electrons. The summed E-state index contributed by atoms with van der Waals surface area (Å²) in [5.41, 5.74) is 1.69. The normalized spacial score (nSPS) is 11.7. The quantitative estimate of drug-likeness (QED) is 0.284. The third kappa shape index (κ3) is 6.81. The summed E-state index contributed by atoms with van der Waals surface area (Å²) >= 11 is 0. The van der Waals surface area contributed by atoms with Crippen molar-refractivity contribution in [2.75, 3.05) is 20.9 Å². The molecule has 0 unspecified atom stereocenters. The second-order valence-corrected chi connectivity index (χ2v) is 12.5. The summed E-state index contributed by atoms with van der Waals surface area (Å²) in [5.74, 6) is -0.159. The van der Waals surface area contributed by atoms with Crippen LogP contribution in [-0.4, -0.2) is 34.3 Å². The van der Waals surface area contributed by atoms with Gasteiger partial charge in [0.15, 0.2) is 0 Å². The van der Waals surface area contributed by atoms with Crippen LogP contribution in [0.4, 0.5) is 17.2 Å². The molecule has 11 heteroatoms. The average molecular weight is 565 g/mol. The number of sulfonamides is 2. The highest BCUT2D eigenvalue weighted by Crippen LogP contribution is 2.26. The highest BCUT2D eigenvalue weighted by atomic mass is 32.2. The Balaban J connectivity index is 1.54. The molecule has 1 amide bonds. The number of amides is 1. The van der Waals surface area contributed by atoms with Crippen molar-refractivity contribution in [2.45, 2.75) is 29.6 Å². The van der Waals surface area contributed by atoms with Gasteiger partial charge in [-0.1, -0.05) is 50.2 Å². The monoisotopic (exact) mass is 564 g/mol. The number of aromatic nitrogens is 1. The SMILES string of the molecule is CC(C)c1ccc(N(CC(=O)Nc2ccc(S(=O)(=O)Nc3ccccn3)cc2)S(=O)(=O)c2ccccc2)cc1. The average Bonchev–Trinajstić information content (AvgIpc) is 2.93. The number of nitrogens with zero attached hydrogens (tertiary/aromatic N) is 2. The third-order valence-corrected chi connectivity index (χ3v) is 8.98. The van der Waals surface area contributed by atoms with Crippen LogP contribution in [0.15, 0.2) is 113 Å². The predicted molar refractivity (Wildman–Crippen MR) is 152 cm³/mol. The summed E-state index contributed by atoms with van der Waals surface area (Å²) < 4.78 is 55.7. The van der Waals surface area contributed by atoms with E-state index >= 15 is 0 Å². The van der Waals surface area contributed by atoms with E-state index in [-0.39, 0.29) is 21.5 Å². The third-order valence-electron chi connectivity index (χ3n) is 5.82. The molecule has 0 saturated carbocycles. The molecule has 202 valence electrons. The van der Waals surface area contributed by atoms with Crippen LogP contribution >= 0.6 is 0 Å². The molecule has 0 aliphatic heterocycles. The van der Waals surface area contributed by atoms with Crippen molar-refractivity contribution >= 4 is 43.1 Å². The molecule has 39 heavy (non-hydrogen) atoms. The predicted octanol–water partition coefficient (Wildman–Crippen LogP) is 4.84. The second kappa shape index (κ2) is 11.7. The van der Waals surface area contributed by atoms with Crippen LogP contribution < -0.4 is 14.3 Å². The Bertz CT molecular complexity index is 1630. The van der Waals surface area contributed by atoms with Crippen molar-refractivity contribution in [3.63, 3.8) is 0 Å². The second-order valence-electron chi connectivity index (χ2n) is 8.96. The van der Waals surface area contributed by atoms with Crippen molar-refractivity contribution in [3.8, 4) is 0 Å². The van der Waals surface area contributed by atoms with Gasteiger partial charge in [0.25, 0.3) is 20.0 Å². The minimum Gasteiger partial charge on any atom is -0.325 e. The van der Waals surface area contributed by atoms with Gasteiger partial charge < -0.3 is 5.32 Å². The fourth-order valence-corrected chi connectivity index (χ4v) is 6.18. The fraction of sp³-hybridized carbons (Fsp3) is 0.143. The Morgan fingerprint density at radius 3 is 2.03 bits per heavy atom. The molecule has 0 aliphatic rings. The molecule has 0 fully saturated rings. The van der Waals surface area contributed by atoms with Gasteiger partial charge in [0.2, 0.25) is 5.91 Å². The van der Waals surface area contributed by atoms with Crippen LogP contribution in [0.25, 0.3) is 0 Å². The van der Waals surface area contributed by atoms with Gasteiger partial charge in [0.1, 0.15) is 12.4 Å². The summed E-state index contributed by atoms with van der Waals surface area (Å²) in [6, 6.07) is 25.3. The molecule has 0 saturated heterocycles. The maximum Gasteiger partial charge on any atom is 0.264 e. The van der Waals surface area contributed by atoms with Gasteiger partial charge in [-0.25, -0.2) is 21.8 Å². The fourth-order valence-electron chi connectivity index (χ4n) is 3.73. The minimum absolute atomic E-state index is 0.0234. The highest BCUT2D eigenvalue weighted by Gasteiger charge is 2.27. The van der Waals surface area contributed by atoms with E-state index < -0.39 is 32.5 Å². The van der Waals surface area contributed by atoms with Crippen LogP contribution in [0, 0.1) is 0 Å². The van der Waals surface area contributed by atoms with E-state index in [2.05, 4.69) is 15.0 Å². The zero-order valence-electron chi connectivity index (χ0n) is 21.4. The Hall–Kier alpha value is -4.22. The first-order valence-electron chi connectivity index (χ1n) is 12.1. The van der Waals surface area contributed by atoms with E-state index in [4.69, 9.17) is 0 Å². The van der Waals surface area contributed by atoms with Crippen molar-refractivity contribution in [3.05, 3.63) is 109 Å². The first kappa shape index (κ1) is 27.8. The zero-order chi connectivity index (χ0) is 28.0. The van der Waals surface area contributed by atoms with Crippen LogP contribution in [0.5, 0.6) is 0 Å². The number of nitrogens with one attached hydrogen (secondary N) is 2. The Labute approximate surface area is 228 Å². The summed E-state index contributed by atoms with van der Waals surface area (Å²) in [6.45, 7) is 3.58. The molecule has 9 nitrogen and oxygen atoms in total. The first-order valence-corrected chi connectivity index (χ1v) is 15.0. The molecule has 0 aliphatic carbocycles. The van der Waals surface area contributed by atoms with Gasteiger partial charge in [0.05, 0.1) is 15.5 Å². The molecule has 0 spiro atoms. The molecule has 2 N–H and O–H groups in total. The molecule has 4 rings (SSSR count). The number of rotatable bonds is 10. The Morgan fingerprint density at radius 1 is 0.795 bits per heavy atom. The molecule has 0 bridgehead atoms. The summed E-state index contributed by atoms with van der Waals surface area (Å²) in [6.07, 6.45) is 1.47. The molecular formula is C28H28N4O5S2. The number of anilines is 3. The smallest absolute Gasteiger partial charge is 0.264 e. The van der Waals surface area contributed by atoms with Crippen molar-refractivity contribution in [2.24, 2.45) is 0 Å². The van der Waals surface area contributed by atoms with Crippen molar-refractivity contribution in [1.82, 2.24) is 4.98 Å². The van der Waals surface area contributed by atoms with E-state index in [1.165, 1.54) is 48.7 Å². The lowest BCUT2D eigenvalue weighted by atomic mass is 10.0. The van der Waals surface area contributed by atoms with E-state index in [0.29, 0.717) is 11.4 Å². The Morgan fingerprint density at radius 2 is 1.44 bits per heavy atom. The summed E-state index contributed by atoms with van der Waals surface area (Å²) in [4.78, 5) is 17.0. The van der Waals surface area contributed by atoms with E-state index in [0.717, 1.165) is 9.87 Å². The minimum atomic E-state index is -4.05. The van der Waals surface area contributed by atoms with Gasteiger partial charge >= 0.3 is 0 Å².